The van der Waals surface area contributed by atoms with E-state index in [1.165, 1.54) is 4.88 Å². The zero-order valence-corrected chi connectivity index (χ0v) is 21.2. The van der Waals surface area contributed by atoms with E-state index < -0.39 is 0 Å². The van der Waals surface area contributed by atoms with E-state index in [0.29, 0.717) is 12.1 Å². The maximum absolute atomic E-state index is 5.67. The van der Waals surface area contributed by atoms with Crippen LogP contribution >= 0.6 is 35.3 Å². The third-order valence-electron chi connectivity index (χ3n) is 4.74. The van der Waals surface area contributed by atoms with Gasteiger partial charge in [0.05, 0.1) is 23.4 Å². The predicted molar refractivity (Wildman–Crippen MR) is 130 cm³/mol. The lowest BCUT2D eigenvalue weighted by molar-refractivity contribution is 0.0532. The number of likely N-dealkylation sites (tertiary alicyclic amines) is 1. The van der Waals surface area contributed by atoms with Gasteiger partial charge < -0.3 is 20.3 Å². The molecule has 162 valence electrons. The van der Waals surface area contributed by atoms with Crippen LogP contribution in [0, 0.1) is 13.8 Å². The van der Waals surface area contributed by atoms with Crippen molar-refractivity contribution in [1.82, 2.24) is 20.5 Å². The van der Waals surface area contributed by atoms with Gasteiger partial charge in [0.1, 0.15) is 0 Å². The van der Waals surface area contributed by atoms with E-state index in [0.717, 1.165) is 75.3 Å². The third kappa shape index (κ3) is 9.37. The zero-order chi connectivity index (χ0) is 19.6. The molecular formula is C20H38IN5OS. The fraction of sp³-hybridized carbons (Fsp3) is 0.800. The Morgan fingerprint density at radius 2 is 2.04 bits per heavy atom. The number of thiazole rings is 1. The molecule has 1 aromatic rings. The molecule has 6 nitrogen and oxygen atoms in total. The van der Waals surface area contributed by atoms with E-state index in [1.54, 1.807) is 11.3 Å². The van der Waals surface area contributed by atoms with Gasteiger partial charge in [-0.25, -0.2) is 4.98 Å². The Labute approximate surface area is 192 Å². The van der Waals surface area contributed by atoms with Gasteiger partial charge in [-0.15, -0.1) is 35.3 Å². The number of rotatable bonds is 9. The van der Waals surface area contributed by atoms with Gasteiger partial charge in [-0.3, -0.25) is 4.99 Å². The summed E-state index contributed by atoms with van der Waals surface area (Å²) >= 11 is 1.79. The number of piperidine rings is 1. The SMILES string of the molecule is CCNC(=NCCc1sc(C)nc1C)NC1CCN(CCOC(C)C)CC1.I. The molecule has 0 bridgehead atoms. The standard InChI is InChI=1S/C20H37N5OS.HI/c1-6-21-20(22-10-7-19-16(4)23-17(5)27-19)24-18-8-11-25(12-9-18)13-14-26-15(2)3;/h15,18H,6-14H2,1-5H3,(H2,21,22,24);1H. The van der Waals surface area contributed by atoms with Gasteiger partial charge in [0.25, 0.3) is 0 Å². The number of nitrogens with one attached hydrogen (secondary N) is 2. The second-order valence-electron chi connectivity index (χ2n) is 7.43. The van der Waals surface area contributed by atoms with Crippen LogP contribution in [0.25, 0.3) is 0 Å². The molecule has 2 N–H and O–H groups in total. The van der Waals surface area contributed by atoms with E-state index >= 15 is 0 Å². The van der Waals surface area contributed by atoms with Crippen LogP contribution in [0.3, 0.4) is 0 Å². The van der Waals surface area contributed by atoms with Crippen LogP contribution in [0.1, 0.15) is 49.2 Å². The van der Waals surface area contributed by atoms with Gasteiger partial charge in [-0.1, -0.05) is 0 Å². The van der Waals surface area contributed by atoms with Gasteiger partial charge in [0.15, 0.2) is 5.96 Å². The molecule has 0 radical (unpaired) electrons. The Hall–Kier alpha value is -0.450. The number of hydrogen-bond donors (Lipinski definition) is 2. The van der Waals surface area contributed by atoms with Crippen LogP contribution in [0.4, 0.5) is 0 Å². The van der Waals surface area contributed by atoms with Crippen molar-refractivity contribution in [2.75, 3.05) is 39.3 Å². The predicted octanol–water partition coefficient (Wildman–Crippen LogP) is 3.36. The summed E-state index contributed by atoms with van der Waals surface area (Å²) < 4.78 is 5.67. The lowest BCUT2D eigenvalue weighted by Crippen LogP contribution is -2.49. The first-order valence-corrected chi connectivity index (χ1v) is 11.1. The van der Waals surface area contributed by atoms with Crippen LogP contribution in [0.15, 0.2) is 4.99 Å². The summed E-state index contributed by atoms with van der Waals surface area (Å²) in [6.45, 7) is 16.2. The first-order chi connectivity index (χ1) is 13.0. The number of aryl methyl sites for hydroxylation is 2. The molecule has 0 aliphatic carbocycles. The molecule has 1 aliphatic rings. The zero-order valence-electron chi connectivity index (χ0n) is 18.1. The minimum atomic E-state index is 0. The van der Waals surface area contributed by atoms with E-state index in [1.807, 2.05) is 0 Å². The van der Waals surface area contributed by atoms with Crippen LogP contribution in [0.2, 0.25) is 0 Å². The van der Waals surface area contributed by atoms with Gasteiger partial charge in [-0.05, 0) is 47.5 Å². The van der Waals surface area contributed by atoms with Crippen LogP contribution < -0.4 is 10.6 Å². The second-order valence-corrected chi connectivity index (χ2v) is 8.72. The number of guanidine groups is 1. The molecule has 28 heavy (non-hydrogen) atoms. The molecule has 1 fully saturated rings. The minimum Gasteiger partial charge on any atom is -0.377 e. The first-order valence-electron chi connectivity index (χ1n) is 10.3. The molecule has 1 saturated heterocycles. The van der Waals surface area contributed by atoms with Crippen molar-refractivity contribution in [3.05, 3.63) is 15.6 Å². The molecule has 2 heterocycles. The van der Waals surface area contributed by atoms with Gasteiger partial charge in [-0.2, -0.15) is 0 Å². The Bertz CT molecular complexity index is 585. The number of hydrogen-bond acceptors (Lipinski definition) is 5. The highest BCUT2D eigenvalue weighted by molar-refractivity contribution is 14.0. The third-order valence-corrected chi connectivity index (χ3v) is 5.87. The molecule has 0 amide bonds. The number of halogens is 1. The summed E-state index contributed by atoms with van der Waals surface area (Å²) in [6, 6.07) is 0.498. The Balaban J connectivity index is 0.00000392. The van der Waals surface area contributed by atoms with Crippen molar-refractivity contribution in [3.63, 3.8) is 0 Å². The largest absolute Gasteiger partial charge is 0.377 e. The topological polar surface area (TPSA) is 61.8 Å². The van der Waals surface area contributed by atoms with Crippen LogP contribution in [0.5, 0.6) is 0 Å². The molecule has 0 saturated carbocycles. The van der Waals surface area contributed by atoms with Crippen LogP contribution in [-0.4, -0.2) is 67.3 Å². The van der Waals surface area contributed by atoms with Crippen molar-refractivity contribution >= 4 is 41.3 Å². The Kier molecular flexibility index (Phi) is 12.5. The van der Waals surface area contributed by atoms with Crippen molar-refractivity contribution in [2.24, 2.45) is 4.99 Å². The minimum absolute atomic E-state index is 0. The average Bonchev–Trinajstić information content (AvgIpc) is 2.94. The Morgan fingerprint density at radius 3 is 2.61 bits per heavy atom. The molecule has 0 atom stereocenters. The van der Waals surface area contributed by atoms with E-state index in [2.05, 4.69) is 55.1 Å². The van der Waals surface area contributed by atoms with E-state index in [-0.39, 0.29) is 24.0 Å². The van der Waals surface area contributed by atoms with E-state index in [9.17, 15) is 0 Å². The molecule has 0 aromatic carbocycles. The summed E-state index contributed by atoms with van der Waals surface area (Å²) in [5.74, 6) is 0.943. The summed E-state index contributed by atoms with van der Waals surface area (Å²) in [4.78, 5) is 13.1. The fourth-order valence-corrected chi connectivity index (χ4v) is 4.23. The normalized spacial score (nSPS) is 16.3. The highest BCUT2D eigenvalue weighted by Gasteiger charge is 2.19. The highest BCUT2D eigenvalue weighted by atomic mass is 127. The van der Waals surface area contributed by atoms with Gasteiger partial charge in [0, 0.05) is 50.1 Å². The number of aromatic nitrogens is 1. The smallest absolute Gasteiger partial charge is 0.191 e. The summed E-state index contributed by atoms with van der Waals surface area (Å²) in [5, 5.41) is 8.15. The maximum Gasteiger partial charge on any atom is 0.191 e. The molecule has 2 rings (SSSR count). The van der Waals surface area contributed by atoms with Gasteiger partial charge >= 0.3 is 0 Å². The monoisotopic (exact) mass is 523 g/mol. The fourth-order valence-electron chi connectivity index (χ4n) is 3.31. The molecule has 0 unspecified atom stereocenters. The number of ether oxygens (including phenoxy) is 1. The van der Waals surface area contributed by atoms with Gasteiger partial charge in [0.2, 0.25) is 0 Å². The summed E-state index contributed by atoms with van der Waals surface area (Å²) in [5.41, 5.74) is 1.15. The number of aliphatic imine (C=N–C) groups is 1. The molecule has 1 aromatic heterocycles. The van der Waals surface area contributed by atoms with E-state index in [4.69, 9.17) is 9.73 Å². The molecule has 8 heteroatoms. The van der Waals surface area contributed by atoms with Crippen LogP contribution in [-0.2, 0) is 11.2 Å². The lowest BCUT2D eigenvalue weighted by atomic mass is 10.1. The van der Waals surface area contributed by atoms with Crippen molar-refractivity contribution in [2.45, 2.75) is 66.0 Å². The quantitative estimate of drug-likeness (QED) is 0.295. The summed E-state index contributed by atoms with van der Waals surface area (Å²) in [6.07, 6.45) is 3.58. The first kappa shape index (κ1) is 25.6. The summed E-state index contributed by atoms with van der Waals surface area (Å²) in [7, 11) is 0. The highest BCUT2D eigenvalue weighted by Crippen LogP contribution is 2.17. The Morgan fingerprint density at radius 1 is 1.32 bits per heavy atom. The van der Waals surface area contributed by atoms with Crippen molar-refractivity contribution in [3.8, 4) is 0 Å². The second kappa shape index (κ2) is 13.7. The maximum atomic E-state index is 5.67. The molecular weight excluding hydrogens is 485 g/mol. The molecule has 0 spiro atoms. The average molecular weight is 524 g/mol. The van der Waals surface area contributed by atoms with Crippen molar-refractivity contribution < 1.29 is 4.74 Å². The number of nitrogens with zero attached hydrogens (tertiary/aromatic N) is 3. The lowest BCUT2D eigenvalue weighted by Gasteiger charge is -2.33. The van der Waals surface area contributed by atoms with Crippen molar-refractivity contribution in [1.29, 1.82) is 0 Å². The molecule has 1 aliphatic heterocycles.